The fourth-order valence-corrected chi connectivity index (χ4v) is 2.05. The Hall–Kier alpha value is -1.51. The second kappa shape index (κ2) is 4.78. The van der Waals surface area contributed by atoms with E-state index in [1.807, 2.05) is 0 Å². The van der Waals surface area contributed by atoms with Crippen LogP contribution in [-0.4, -0.2) is 5.97 Å². The number of carboxylic acid groups (broad SMARTS) is 1. The maximum Gasteiger partial charge on any atom is 0.0715 e. The van der Waals surface area contributed by atoms with Crippen molar-refractivity contribution in [2.75, 3.05) is 0 Å². The normalized spacial score (nSPS) is 10.2. The summed E-state index contributed by atoms with van der Waals surface area (Å²) in [5.41, 5.74) is 1.83. The van der Waals surface area contributed by atoms with Crippen LogP contribution >= 0.6 is 23.2 Å². The van der Waals surface area contributed by atoms with E-state index in [1.165, 1.54) is 12.1 Å². The average molecular weight is 266 g/mol. The Labute approximate surface area is 108 Å². The molecule has 2 rings (SSSR count). The molecule has 0 aliphatic carbocycles. The van der Waals surface area contributed by atoms with Crippen molar-refractivity contribution in [3.8, 4) is 11.1 Å². The number of carbonyl (C=O) groups is 1. The zero-order valence-corrected chi connectivity index (χ0v) is 10.1. The Bertz CT molecular complexity index is 542. The van der Waals surface area contributed by atoms with E-state index in [4.69, 9.17) is 23.2 Å². The molecule has 2 aromatic rings. The Morgan fingerprint density at radius 3 is 1.88 bits per heavy atom. The van der Waals surface area contributed by atoms with Gasteiger partial charge in [-0.3, -0.25) is 0 Å². The van der Waals surface area contributed by atoms with Gasteiger partial charge in [-0.2, -0.15) is 0 Å². The summed E-state index contributed by atoms with van der Waals surface area (Å²) in [5, 5.41) is 11.7. The summed E-state index contributed by atoms with van der Waals surface area (Å²) in [6.07, 6.45) is 0. The molecule has 4 heteroatoms. The van der Waals surface area contributed by atoms with Crippen LogP contribution in [0, 0.1) is 0 Å². The lowest BCUT2D eigenvalue weighted by atomic mass is 10.0. The van der Waals surface area contributed by atoms with E-state index in [0.717, 1.165) is 11.1 Å². The van der Waals surface area contributed by atoms with Crippen molar-refractivity contribution in [3.63, 3.8) is 0 Å². The molecule has 2 nitrogen and oxygen atoms in total. The SMILES string of the molecule is O=C([O-])c1ccc(-c2cc(Cl)cc(Cl)c2)cc1. The summed E-state index contributed by atoms with van der Waals surface area (Å²) in [7, 11) is 0. The summed E-state index contributed by atoms with van der Waals surface area (Å²) in [5.74, 6) is -1.19. The van der Waals surface area contributed by atoms with Gasteiger partial charge in [-0.05, 0) is 34.9 Å². The third kappa shape index (κ3) is 2.78. The smallest absolute Gasteiger partial charge is 0.0715 e. The first-order valence-corrected chi connectivity index (χ1v) is 5.60. The third-order valence-electron chi connectivity index (χ3n) is 2.32. The highest BCUT2D eigenvalue weighted by Crippen LogP contribution is 2.27. The molecule has 0 bridgehead atoms. The maximum absolute atomic E-state index is 10.6. The molecular formula is C13H7Cl2O2-. The maximum atomic E-state index is 10.6. The molecule has 17 heavy (non-hydrogen) atoms. The lowest BCUT2D eigenvalue weighted by Crippen LogP contribution is -2.21. The van der Waals surface area contributed by atoms with Crippen LogP contribution in [0.25, 0.3) is 11.1 Å². The van der Waals surface area contributed by atoms with Gasteiger partial charge in [0.25, 0.3) is 0 Å². The molecule has 0 N–H and O–H groups in total. The zero-order valence-electron chi connectivity index (χ0n) is 8.61. The van der Waals surface area contributed by atoms with E-state index in [0.29, 0.717) is 10.0 Å². The van der Waals surface area contributed by atoms with Gasteiger partial charge in [0.05, 0.1) is 5.97 Å². The number of hydrogen-bond donors (Lipinski definition) is 0. The van der Waals surface area contributed by atoms with Crippen LogP contribution < -0.4 is 5.11 Å². The number of carbonyl (C=O) groups excluding carboxylic acids is 1. The molecule has 0 amide bonds. The molecule has 0 unspecified atom stereocenters. The molecular weight excluding hydrogens is 259 g/mol. The van der Waals surface area contributed by atoms with Gasteiger partial charge < -0.3 is 9.90 Å². The van der Waals surface area contributed by atoms with Crippen LogP contribution in [0.5, 0.6) is 0 Å². The van der Waals surface area contributed by atoms with Crippen molar-refractivity contribution in [1.82, 2.24) is 0 Å². The van der Waals surface area contributed by atoms with E-state index in [9.17, 15) is 9.90 Å². The van der Waals surface area contributed by atoms with E-state index >= 15 is 0 Å². The lowest BCUT2D eigenvalue weighted by molar-refractivity contribution is -0.255. The molecule has 0 aromatic heterocycles. The molecule has 0 aliphatic heterocycles. The van der Waals surface area contributed by atoms with Gasteiger partial charge in [-0.15, -0.1) is 0 Å². The minimum absolute atomic E-state index is 0.141. The van der Waals surface area contributed by atoms with Gasteiger partial charge in [0.2, 0.25) is 0 Å². The number of benzene rings is 2. The number of carboxylic acids is 1. The summed E-state index contributed by atoms with van der Waals surface area (Å²) in [6, 6.07) is 11.5. The van der Waals surface area contributed by atoms with Crippen molar-refractivity contribution in [2.45, 2.75) is 0 Å². The van der Waals surface area contributed by atoms with E-state index in [1.54, 1.807) is 30.3 Å². The van der Waals surface area contributed by atoms with Gasteiger partial charge in [0.15, 0.2) is 0 Å². The summed E-state index contributed by atoms with van der Waals surface area (Å²) >= 11 is 11.8. The first-order valence-electron chi connectivity index (χ1n) is 4.84. The number of rotatable bonds is 2. The fraction of sp³-hybridized carbons (Fsp3) is 0. The second-order valence-corrected chi connectivity index (χ2v) is 4.40. The minimum atomic E-state index is -1.19. The molecule has 0 spiro atoms. The molecule has 2 aromatic carbocycles. The van der Waals surface area contributed by atoms with Crippen LogP contribution in [0.15, 0.2) is 42.5 Å². The van der Waals surface area contributed by atoms with Crippen LogP contribution in [0.3, 0.4) is 0 Å². The Kier molecular flexibility index (Phi) is 3.36. The van der Waals surface area contributed by atoms with Crippen molar-refractivity contribution >= 4 is 29.2 Å². The highest BCUT2D eigenvalue weighted by Gasteiger charge is 2.02. The highest BCUT2D eigenvalue weighted by molar-refractivity contribution is 6.35. The number of aromatic carboxylic acids is 1. The van der Waals surface area contributed by atoms with Crippen LogP contribution in [0.2, 0.25) is 10.0 Å². The number of hydrogen-bond acceptors (Lipinski definition) is 2. The molecule has 0 heterocycles. The lowest BCUT2D eigenvalue weighted by Gasteiger charge is -2.06. The zero-order chi connectivity index (χ0) is 12.4. The average Bonchev–Trinajstić information content (AvgIpc) is 2.28. The minimum Gasteiger partial charge on any atom is -0.545 e. The van der Waals surface area contributed by atoms with E-state index in [2.05, 4.69) is 0 Å². The quantitative estimate of drug-likeness (QED) is 0.838. The van der Waals surface area contributed by atoms with Gasteiger partial charge in [0, 0.05) is 10.0 Å². The van der Waals surface area contributed by atoms with Gasteiger partial charge in [0.1, 0.15) is 0 Å². The first-order chi connectivity index (χ1) is 8.06. The van der Waals surface area contributed by atoms with Crippen molar-refractivity contribution in [1.29, 1.82) is 0 Å². The summed E-state index contributed by atoms with van der Waals surface area (Å²) in [4.78, 5) is 10.6. The molecule has 86 valence electrons. The van der Waals surface area contributed by atoms with E-state index in [-0.39, 0.29) is 5.56 Å². The number of halogens is 2. The fourth-order valence-electron chi connectivity index (χ4n) is 1.52. The van der Waals surface area contributed by atoms with Gasteiger partial charge in [-0.25, -0.2) is 0 Å². The molecule has 0 radical (unpaired) electrons. The van der Waals surface area contributed by atoms with Crippen LogP contribution in [0.4, 0.5) is 0 Å². The predicted octanol–water partition coefficient (Wildman–Crippen LogP) is 3.02. The Balaban J connectivity index is 2.43. The van der Waals surface area contributed by atoms with E-state index < -0.39 is 5.97 Å². The molecule has 0 fully saturated rings. The Morgan fingerprint density at radius 1 is 0.882 bits per heavy atom. The monoisotopic (exact) mass is 265 g/mol. The topological polar surface area (TPSA) is 40.1 Å². The van der Waals surface area contributed by atoms with Crippen molar-refractivity contribution in [2.24, 2.45) is 0 Å². The highest BCUT2D eigenvalue weighted by atomic mass is 35.5. The Morgan fingerprint density at radius 2 is 1.41 bits per heavy atom. The second-order valence-electron chi connectivity index (χ2n) is 3.52. The largest absolute Gasteiger partial charge is 0.545 e. The third-order valence-corrected chi connectivity index (χ3v) is 2.75. The van der Waals surface area contributed by atoms with Crippen molar-refractivity contribution < 1.29 is 9.90 Å². The molecule has 0 saturated carbocycles. The first kappa shape index (κ1) is 12.0. The van der Waals surface area contributed by atoms with Crippen LogP contribution in [-0.2, 0) is 0 Å². The molecule has 0 saturated heterocycles. The van der Waals surface area contributed by atoms with Gasteiger partial charge >= 0.3 is 0 Å². The van der Waals surface area contributed by atoms with Crippen molar-refractivity contribution in [3.05, 3.63) is 58.1 Å². The summed E-state index contributed by atoms with van der Waals surface area (Å²) in [6.45, 7) is 0. The standard InChI is InChI=1S/C13H8Cl2O2/c14-11-5-10(6-12(15)7-11)8-1-3-9(4-2-8)13(16)17/h1-7H,(H,16,17)/p-1. The van der Waals surface area contributed by atoms with Gasteiger partial charge in [-0.1, -0.05) is 47.5 Å². The van der Waals surface area contributed by atoms with Crippen LogP contribution in [0.1, 0.15) is 10.4 Å². The predicted molar refractivity (Wildman–Crippen MR) is 66.2 cm³/mol. The summed E-state index contributed by atoms with van der Waals surface area (Å²) < 4.78 is 0. The molecule has 0 atom stereocenters. The molecule has 0 aliphatic rings.